The van der Waals surface area contributed by atoms with Crippen molar-refractivity contribution in [1.82, 2.24) is 11.1 Å². The summed E-state index contributed by atoms with van der Waals surface area (Å²) in [5, 5.41) is 3.54. The maximum atomic E-state index is 7.02. The van der Waals surface area contributed by atoms with Gasteiger partial charge in [-0.05, 0) is 25.8 Å². The Bertz CT molecular complexity index is 96.0. The third kappa shape index (κ3) is 4.07. The van der Waals surface area contributed by atoms with Crippen molar-refractivity contribution >= 4 is 0 Å². The minimum atomic E-state index is 0.569. The fraction of sp³-hybridized carbons (Fsp3) is 1.00. The van der Waals surface area contributed by atoms with Crippen molar-refractivity contribution in [2.75, 3.05) is 13.1 Å². The van der Waals surface area contributed by atoms with E-state index in [1.54, 1.807) is 0 Å². The lowest BCUT2D eigenvalue weighted by molar-refractivity contribution is 0.457. The molecule has 0 bridgehead atoms. The van der Waals surface area contributed by atoms with E-state index in [0.29, 0.717) is 6.54 Å². The third-order valence-corrected chi connectivity index (χ3v) is 2.64. The Hall–Kier alpha value is -0.0800. The van der Waals surface area contributed by atoms with E-state index < -0.39 is 0 Å². The monoisotopic (exact) mass is 169 g/mol. The molecule has 1 aliphatic carbocycles. The Morgan fingerprint density at radius 2 is 1.75 bits per heavy atom. The average molecular weight is 169 g/mol. The second kappa shape index (κ2) is 6.44. The van der Waals surface area contributed by atoms with Crippen molar-refractivity contribution in [1.29, 1.82) is 0 Å². The number of hydrogen-bond acceptors (Lipinski definition) is 1. The van der Waals surface area contributed by atoms with Gasteiger partial charge in [-0.25, -0.2) is 0 Å². The van der Waals surface area contributed by atoms with E-state index in [1.807, 2.05) is 0 Å². The van der Waals surface area contributed by atoms with Gasteiger partial charge in [0.2, 0.25) is 0 Å². The summed E-state index contributed by atoms with van der Waals surface area (Å²) in [7, 11) is 0. The topological polar surface area (TPSA) is 35.8 Å². The molecule has 71 valence electrons. The summed E-state index contributed by atoms with van der Waals surface area (Å²) >= 11 is 0. The van der Waals surface area contributed by atoms with Crippen LogP contribution in [0.2, 0.25) is 0 Å². The SMILES string of the molecule is [NH]CCCNC1CCCCCC1. The van der Waals surface area contributed by atoms with E-state index in [1.165, 1.54) is 38.5 Å². The first-order valence-electron chi connectivity index (χ1n) is 5.31. The summed E-state index contributed by atoms with van der Waals surface area (Å²) in [6, 6.07) is 0.763. The van der Waals surface area contributed by atoms with Crippen LogP contribution in [-0.2, 0) is 0 Å². The zero-order chi connectivity index (χ0) is 8.65. The van der Waals surface area contributed by atoms with Crippen molar-refractivity contribution in [2.24, 2.45) is 0 Å². The fourth-order valence-electron chi connectivity index (χ4n) is 1.88. The van der Waals surface area contributed by atoms with Gasteiger partial charge in [0.05, 0.1) is 0 Å². The molecule has 12 heavy (non-hydrogen) atoms. The maximum absolute atomic E-state index is 7.02. The molecule has 0 saturated heterocycles. The predicted octanol–water partition coefficient (Wildman–Crippen LogP) is 1.97. The van der Waals surface area contributed by atoms with Crippen LogP contribution in [0.5, 0.6) is 0 Å². The van der Waals surface area contributed by atoms with Gasteiger partial charge in [0.15, 0.2) is 0 Å². The smallest absolute Gasteiger partial charge is 0.0112 e. The molecule has 0 aliphatic heterocycles. The van der Waals surface area contributed by atoms with Crippen LogP contribution in [0.3, 0.4) is 0 Å². The van der Waals surface area contributed by atoms with E-state index in [0.717, 1.165) is 19.0 Å². The quantitative estimate of drug-likeness (QED) is 0.507. The Morgan fingerprint density at radius 3 is 2.33 bits per heavy atom. The summed E-state index contributed by atoms with van der Waals surface area (Å²) in [6.45, 7) is 1.62. The van der Waals surface area contributed by atoms with Crippen LogP contribution in [-0.4, -0.2) is 19.1 Å². The lowest BCUT2D eigenvalue weighted by Crippen LogP contribution is -2.29. The number of hydrogen-bond donors (Lipinski definition) is 1. The Labute approximate surface area is 75.9 Å². The Morgan fingerprint density at radius 1 is 1.08 bits per heavy atom. The van der Waals surface area contributed by atoms with Crippen LogP contribution in [0.4, 0.5) is 0 Å². The van der Waals surface area contributed by atoms with E-state index in [2.05, 4.69) is 5.32 Å². The molecule has 0 spiro atoms. The van der Waals surface area contributed by atoms with Crippen LogP contribution >= 0.6 is 0 Å². The minimum absolute atomic E-state index is 0.569. The largest absolute Gasteiger partial charge is 0.314 e. The van der Waals surface area contributed by atoms with Crippen LogP contribution in [0.1, 0.15) is 44.9 Å². The highest BCUT2D eigenvalue weighted by atomic mass is 14.9. The van der Waals surface area contributed by atoms with Crippen LogP contribution in [0.25, 0.3) is 0 Å². The molecule has 1 rings (SSSR count). The van der Waals surface area contributed by atoms with Crippen molar-refractivity contribution in [3.05, 3.63) is 0 Å². The van der Waals surface area contributed by atoms with Gasteiger partial charge in [-0.15, -0.1) is 0 Å². The minimum Gasteiger partial charge on any atom is -0.314 e. The summed E-state index contributed by atoms with van der Waals surface area (Å²) in [5.41, 5.74) is 7.02. The first-order valence-corrected chi connectivity index (χ1v) is 5.31. The molecular weight excluding hydrogens is 148 g/mol. The molecule has 0 heterocycles. The van der Waals surface area contributed by atoms with Crippen molar-refractivity contribution in [2.45, 2.75) is 51.0 Å². The van der Waals surface area contributed by atoms with Gasteiger partial charge >= 0.3 is 0 Å². The summed E-state index contributed by atoms with van der Waals surface area (Å²) in [5.74, 6) is 0. The zero-order valence-electron chi connectivity index (χ0n) is 7.94. The van der Waals surface area contributed by atoms with Crippen LogP contribution in [0.15, 0.2) is 0 Å². The molecule has 0 aromatic rings. The molecular formula is C10H21N2. The highest BCUT2D eigenvalue weighted by Crippen LogP contribution is 2.16. The van der Waals surface area contributed by atoms with E-state index in [4.69, 9.17) is 5.73 Å². The van der Waals surface area contributed by atoms with Crippen LogP contribution < -0.4 is 11.1 Å². The molecule has 2 N–H and O–H groups in total. The summed E-state index contributed by atoms with van der Waals surface area (Å²) in [6.07, 6.45) is 9.39. The van der Waals surface area contributed by atoms with Gasteiger partial charge in [0.25, 0.3) is 0 Å². The predicted molar refractivity (Wildman–Crippen MR) is 52.1 cm³/mol. The standard InChI is InChI=1S/C10H21N2/c11-8-5-9-12-10-6-3-1-2-4-7-10/h10-12H,1-9H2. The van der Waals surface area contributed by atoms with Crippen molar-refractivity contribution in [3.63, 3.8) is 0 Å². The fourth-order valence-corrected chi connectivity index (χ4v) is 1.88. The summed E-state index contributed by atoms with van der Waals surface area (Å²) in [4.78, 5) is 0. The molecule has 1 saturated carbocycles. The number of rotatable bonds is 4. The molecule has 2 nitrogen and oxygen atoms in total. The summed E-state index contributed by atoms with van der Waals surface area (Å²) < 4.78 is 0. The molecule has 2 heteroatoms. The Kier molecular flexibility index (Phi) is 5.37. The van der Waals surface area contributed by atoms with E-state index in [-0.39, 0.29) is 0 Å². The second-order valence-corrected chi connectivity index (χ2v) is 3.75. The maximum Gasteiger partial charge on any atom is 0.0112 e. The molecule has 1 radical (unpaired) electrons. The normalized spacial score (nSPS) is 20.8. The average Bonchev–Trinajstić information content (AvgIpc) is 2.33. The van der Waals surface area contributed by atoms with Gasteiger partial charge < -0.3 is 5.32 Å². The first kappa shape index (κ1) is 10.0. The lowest BCUT2D eigenvalue weighted by atomic mass is 10.1. The lowest BCUT2D eigenvalue weighted by Gasteiger charge is -2.15. The van der Waals surface area contributed by atoms with Gasteiger partial charge in [0, 0.05) is 12.6 Å². The number of nitrogens with one attached hydrogen (secondary N) is 2. The molecule has 0 unspecified atom stereocenters. The van der Waals surface area contributed by atoms with Gasteiger partial charge in [-0.1, -0.05) is 25.7 Å². The second-order valence-electron chi connectivity index (χ2n) is 3.75. The van der Waals surface area contributed by atoms with E-state index >= 15 is 0 Å². The molecule has 1 fully saturated rings. The molecule has 0 aromatic heterocycles. The van der Waals surface area contributed by atoms with Gasteiger partial charge in [-0.2, -0.15) is 0 Å². The van der Waals surface area contributed by atoms with Gasteiger partial charge in [-0.3, -0.25) is 5.73 Å². The highest BCUT2D eigenvalue weighted by Gasteiger charge is 2.10. The van der Waals surface area contributed by atoms with Crippen LogP contribution in [0, 0.1) is 0 Å². The first-order chi connectivity index (χ1) is 5.93. The third-order valence-electron chi connectivity index (χ3n) is 2.64. The van der Waals surface area contributed by atoms with Gasteiger partial charge in [0.1, 0.15) is 0 Å². The highest BCUT2D eigenvalue weighted by molar-refractivity contribution is 4.70. The Balaban J connectivity index is 2.04. The molecule has 0 aromatic carbocycles. The van der Waals surface area contributed by atoms with Crippen molar-refractivity contribution < 1.29 is 0 Å². The zero-order valence-corrected chi connectivity index (χ0v) is 7.94. The molecule has 0 amide bonds. The molecule has 0 atom stereocenters. The van der Waals surface area contributed by atoms with Crippen molar-refractivity contribution in [3.8, 4) is 0 Å². The van der Waals surface area contributed by atoms with E-state index in [9.17, 15) is 0 Å². The molecule has 1 aliphatic rings.